The van der Waals surface area contributed by atoms with Crippen molar-refractivity contribution in [3.63, 3.8) is 0 Å². The highest BCUT2D eigenvalue weighted by atomic mass is 16.4. The number of aliphatic hydroxyl groups excluding tert-OH is 1. The second-order valence-electron chi connectivity index (χ2n) is 4.36. The fraction of sp³-hybridized carbons (Fsp3) is 0.818. The Morgan fingerprint density at radius 3 is 2.41 bits per heavy atom. The fourth-order valence-electron chi connectivity index (χ4n) is 1.97. The largest absolute Gasteiger partial charge is 0.480 e. The molecule has 0 saturated carbocycles. The third-order valence-corrected chi connectivity index (χ3v) is 3.26. The monoisotopic (exact) mass is 244 g/mol. The molecule has 1 atom stereocenters. The number of likely N-dealkylation sites (tertiary alicyclic amines) is 1. The van der Waals surface area contributed by atoms with E-state index in [-0.39, 0.29) is 0 Å². The second kappa shape index (κ2) is 6.44. The van der Waals surface area contributed by atoms with Gasteiger partial charge < -0.3 is 20.4 Å². The standard InChI is InChI=1S/C11H20N2O4/c1-2-8-3-5-13(6-4-8)11(17)12-9(7-14)10(15)16/h8-9,14H,2-7H2,1H3,(H,12,17)(H,15,16). The highest BCUT2D eigenvalue weighted by molar-refractivity contribution is 5.82. The highest BCUT2D eigenvalue weighted by Crippen LogP contribution is 2.19. The van der Waals surface area contributed by atoms with E-state index in [2.05, 4.69) is 12.2 Å². The van der Waals surface area contributed by atoms with Crippen LogP contribution in [0.5, 0.6) is 0 Å². The van der Waals surface area contributed by atoms with Crippen LogP contribution in [-0.4, -0.2) is 52.9 Å². The van der Waals surface area contributed by atoms with Gasteiger partial charge in [-0.05, 0) is 18.8 Å². The Labute approximate surface area is 101 Å². The van der Waals surface area contributed by atoms with E-state index in [1.807, 2.05) is 0 Å². The predicted octanol–water partition coefficient (Wildman–Crippen LogP) is 0.263. The number of aliphatic carboxylic acids is 1. The molecular weight excluding hydrogens is 224 g/mol. The number of piperidine rings is 1. The minimum absolute atomic E-state index is 0.402. The van der Waals surface area contributed by atoms with Gasteiger partial charge in [-0.25, -0.2) is 9.59 Å². The molecule has 6 heteroatoms. The smallest absolute Gasteiger partial charge is 0.328 e. The molecule has 0 aromatic rings. The summed E-state index contributed by atoms with van der Waals surface area (Å²) in [6.07, 6.45) is 3.03. The summed E-state index contributed by atoms with van der Waals surface area (Å²) in [6, 6.07) is -1.62. The summed E-state index contributed by atoms with van der Waals surface area (Å²) < 4.78 is 0. The lowest BCUT2D eigenvalue weighted by atomic mass is 9.95. The van der Waals surface area contributed by atoms with Crippen LogP contribution in [0.3, 0.4) is 0 Å². The van der Waals surface area contributed by atoms with E-state index >= 15 is 0 Å². The van der Waals surface area contributed by atoms with Crippen LogP contribution in [0.25, 0.3) is 0 Å². The number of nitrogens with one attached hydrogen (secondary N) is 1. The number of carboxylic acids is 1. The summed E-state index contributed by atoms with van der Waals surface area (Å²) in [5.74, 6) is -0.559. The summed E-state index contributed by atoms with van der Waals surface area (Å²) in [4.78, 5) is 24.0. The maximum absolute atomic E-state index is 11.7. The molecule has 3 N–H and O–H groups in total. The van der Waals surface area contributed by atoms with Crippen LogP contribution in [-0.2, 0) is 4.79 Å². The zero-order valence-corrected chi connectivity index (χ0v) is 10.1. The van der Waals surface area contributed by atoms with Gasteiger partial charge in [0.15, 0.2) is 6.04 Å². The van der Waals surface area contributed by atoms with Crippen molar-refractivity contribution in [3.05, 3.63) is 0 Å². The number of nitrogens with zero attached hydrogens (tertiary/aromatic N) is 1. The quantitative estimate of drug-likeness (QED) is 0.662. The van der Waals surface area contributed by atoms with Crippen molar-refractivity contribution in [2.75, 3.05) is 19.7 Å². The lowest BCUT2D eigenvalue weighted by Gasteiger charge is -2.32. The van der Waals surface area contributed by atoms with Crippen molar-refractivity contribution in [1.29, 1.82) is 0 Å². The first-order valence-corrected chi connectivity index (χ1v) is 5.97. The van der Waals surface area contributed by atoms with Gasteiger partial charge in [0.2, 0.25) is 0 Å². The molecular formula is C11H20N2O4. The number of hydrogen-bond acceptors (Lipinski definition) is 3. The Morgan fingerprint density at radius 1 is 1.41 bits per heavy atom. The highest BCUT2D eigenvalue weighted by Gasteiger charge is 2.25. The van der Waals surface area contributed by atoms with E-state index in [0.29, 0.717) is 19.0 Å². The maximum Gasteiger partial charge on any atom is 0.328 e. The molecule has 2 amide bonds. The van der Waals surface area contributed by atoms with Crippen molar-refractivity contribution < 1.29 is 19.8 Å². The van der Waals surface area contributed by atoms with Crippen LogP contribution < -0.4 is 5.32 Å². The number of rotatable bonds is 4. The zero-order chi connectivity index (χ0) is 12.8. The number of carbonyl (C=O) groups is 2. The Hall–Kier alpha value is -1.30. The molecule has 0 spiro atoms. The van der Waals surface area contributed by atoms with Gasteiger partial charge in [-0.2, -0.15) is 0 Å². The summed E-state index contributed by atoms with van der Waals surface area (Å²) in [5, 5.41) is 19.8. The first-order chi connectivity index (χ1) is 8.08. The van der Waals surface area contributed by atoms with Crippen LogP contribution in [0.15, 0.2) is 0 Å². The maximum atomic E-state index is 11.7. The topological polar surface area (TPSA) is 89.9 Å². The number of urea groups is 1. The van der Waals surface area contributed by atoms with E-state index < -0.39 is 24.6 Å². The molecule has 1 aliphatic heterocycles. The molecule has 1 aliphatic rings. The molecule has 0 radical (unpaired) electrons. The van der Waals surface area contributed by atoms with E-state index in [1.165, 1.54) is 0 Å². The summed E-state index contributed by atoms with van der Waals surface area (Å²) >= 11 is 0. The summed E-state index contributed by atoms with van der Waals surface area (Å²) in [5.41, 5.74) is 0. The van der Waals surface area contributed by atoms with Crippen molar-refractivity contribution >= 4 is 12.0 Å². The second-order valence-corrected chi connectivity index (χ2v) is 4.36. The number of aliphatic hydroxyl groups is 1. The molecule has 1 fully saturated rings. The Balaban J connectivity index is 2.41. The van der Waals surface area contributed by atoms with Gasteiger partial charge in [-0.3, -0.25) is 0 Å². The molecule has 1 rings (SSSR count). The number of hydrogen-bond donors (Lipinski definition) is 3. The van der Waals surface area contributed by atoms with E-state index in [9.17, 15) is 9.59 Å². The molecule has 1 heterocycles. The molecule has 6 nitrogen and oxygen atoms in total. The third kappa shape index (κ3) is 3.89. The van der Waals surface area contributed by atoms with Gasteiger partial charge in [0.05, 0.1) is 6.61 Å². The van der Waals surface area contributed by atoms with Gasteiger partial charge in [-0.1, -0.05) is 13.3 Å². The first-order valence-electron chi connectivity index (χ1n) is 5.97. The molecule has 17 heavy (non-hydrogen) atoms. The van der Waals surface area contributed by atoms with Crippen LogP contribution in [0, 0.1) is 5.92 Å². The van der Waals surface area contributed by atoms with Gasteiger partial charge in [0.1, 0.15) is 0 Å². The Bertz CT molecular complexity index is 275. The third-order valence-electron chi connectivity index (χ3n) is 3.26. The molecule has 0 bridgehead atoms. The van der Waals surface area contributed by atoms with Crippen LogP contribution in [0.4, 0.5) is 4.79 Å². The van der Waals surface area contributed by atoms with Crippen molar-refractivity contribution in [1.82, 2.24) is 10.2 Å². The molecule has 98 valence electrons. The SMILES string of the molecule is CCC1CCN(C(=O)NC(CO)C(=O)O)CC1. The Kier molecular flexibility index (Phi) is 5.21. The summed E-state index contributed by atoms with van der Waals surface area (Å²) in [7, 11) is 0. The number of carboxylic acid groups (broad SMARTS) is 1. The van der Waals surface area contributed by atoms with E-state index in [4.69, 9.17) is 10.2 Å². The number of amides is 2. The first kappa shape index (κ1) is 13.8. The minimum Gasteiger partial charge on any atom is -0.480 e. The predicted molar refractivity (Wildman–Crippen MR) is 61.6 cm³/mol. The average molecular weight is 244 g/mol. The summed E-state index contributed by atoms with van der Waals surface area (Å²) in [6.45, 7) is 2.85. The molecule has 0 aromatic carbocycles. The lowest BCUT2D eigenvalue weighted by molar-refractivity contribution is -0.140. The van der Waals surface area contributed by atoms with Gasteiger partial charge >= 0.3 is 12.0 Å². The minimum atomic E-state index is -1.22. The zero-order valence-electron chi connectivity index (χ0n) is 10.1. The van der Waals surface area contributed by atoms with Crippen molar-refractivity contribution in [2.45, 2.75) is 32.2 Å². The molecule has 0 aliphatic carbocycles. The molecule has 1 unspecified atom stereocenters. The van der Waals surface area contributed by atoms with Gasteiger partial charge in [0, 0.05) is 13.1 Å². The average Bonchev–Trinajstić information content (AvgIpc) is 2.35. The van der Waals surface area contributed by atoms with E-state index in [1.54, 1.807) is 4.90 Å². The number of carbonyl (C=O) groups excluding carboxylic acids is 1. The van der Waals surface area contributed by atoms with Crippen molar-refractivity contribution in [3.8, 4) is 0 Å². The molecule has 0 aromatic heterocycles. The van der Waals surface area contributed by atoms with Crippen LogP contribution >= 0.6 is 0 Å². The molecule has 1 saturated heterocycles. The van der Waals surface area contributed by atoms with Crippen LogP contribution in [0.2, 0.25) is 0 Å². The Morgan fingerprint density at radius 2 is 2.00 bits per heavy atom. The van der Waals surface area contributed by atoms with Gasteiger partial charge in [-0.15, -0.1) is 0 Å². The van der Waals surface area contributed by atoms with Gasteiger partial charge in [0.25, 0.3) is 0 Å². The fourth-order valence-corrected chi connectivity index (χ4v) is 1.97. The normalized spacial score (nSPS) is 18.8. The van der Waals surface area contributed by atoms with E-state index in [0.717, 1.165) is 19.3 Å². The van der Waals surface area contributed by atoms with Crippen LogP contribution in [0.1, 0.15) is 26.2 Å². The lowest BCUT2D eigenvalue weighted by Crippen LogP contribution is -2.51. The van der Waals surface area contributed by atoms with Crippen molar-refractivity contribution in [2.24, 2.45) is 5.92 Å².